The molecule has 0 aliphatic heterocycles. The lowest BCUT2D eigenvalue weighted by Crippen LogP contribution is -2.06. The third kappa shape index (κ3) is 2.63. The zero-order valence-electron chi connectivity index (χ0n) is 9.32. The zero-order valence-corrected chi connectivity index (χ0v) is 9.32. The molecule has 0 spiro atoms. The summed E-state index contributed by atoms with van der Waals surface area (Å²) < 4.78 is 10.4. The predicted octanol–water partition coefficient (Wildman–Crippen LogP) is 1.01. The van der Waals surface area contributed by atoms with E-state index in [1.807, 2.05) is 0 Å². The Bertz CT molecular complexity index is 399. The molecule has 0 unspecified atom stereocenters. The summed E-state index contributed by atoms with van der Waals surface area (Å²) in [4.78, 5) is 4.51. The average Bonchev–Trinajstić information content (AvgIpc) is 2.34. The zero-order chi connectivity index (χ0) is 12.0. The fourth-order valence-corrected chi connectivity index (χ4v) is 1.46. The van der Waals surface area contributed by atoms with E-state index >= 15 is 0 Å². The molecule has 5 nitrogen and oxygen atoms in total. The monoisotopic (exact) mass is 222 g/mol. The van der Waals surface area contributed by atoms with E-state index in [0.29, 0.717) is 30.1 Å². The quantitative estimate of drug-likeness (QED) is 0.752. The first-order valence-electron chi connectivity index (χ1n) is 4.73. The molecule has 0 saturated carbocycles. The highest BCUT2D eigenvalue weighted by atomic mass is 16.6. The Morgan fingerprint density at radius 3 is 2.56 bits per heavy atom. The van der Waals surface area contributed by atoms with Gasteiger partial charge < -0.3 is 14.3 Å². The van der Waals surface area contributed by atoms with Gasteiger partial charge in [0, 0.05) is 18.1 Å². The summed E-state index contributed by atoms with van der Waals surface area (Å²) in [5.41, 5.74) is 1.36. The van der Waals surface area contributed by atoms with Crippen LogP contribution in [0.4, 0.5) is 0 Å². The third-order valence-electron chi connectivity index (χ3n) is 2.17. The molecular formula is C11H14N2O3. The van der Waals surface area contributed by atoms with E-state index in [0.717, 1.165) is 5.56 Å². The Balaban J connectivity index is 3.16. The van der Waals surface area contributed by atoms with Gasteiger partial charge in [-0.05, 0) is 6.07 Å². The van der Waals surface area contributed by atoms with Gasteiger partial charge in [0.1, 0.15) is 0 Å². The Hall–Kier alpha value is -1.77. The van der Waals surface area contributed by atoms with Crippen LogP contribution < -0.4 is 15.4 Å². The maximum absolute atomic E-state index is 8.87. The minimum absolute atomic E-state index is 0.356. The summed E-state index contributed by atoms with van der Waals surface area (Å²) in [6.07, 6.45) is 0.561. The number of nitrogens with two attached hydrogens (primary N) is 1. The Kier molecular flexibility index (Phi) is 4.58. The second kappa shape index (κ2) is 5.95. The molecule has 86 valence electrons. The first-order chi connectivity index (χ1) is 7.76. The molecular weight excluding hydrogens is 208 g/mol. The van der Waals surface area contributed by atoms with E-state index in [4.69, 9.17) is 20.6 Å². The van der Waals surface area contributed by atoms with E-state index in [2.05, 4.69) is 10.9 Å². The van der Waals surface area contributed by atoms with Crippen molar-refractivity contribution >= 4 is 0 Å². The second-order valence-corrected chi connectivity index (χ2v) is 3.10. The summed E-state index contributed by atoms with van der Waals surface area (Å²) in [7, 11) is 3.08. The number of rotatable bonds is 5. The van der Waals surface area contributed by atoms with Gasteiger partial charge in [0.05, 0.1) is 32.5 Å². The van der Waals surface area contributed by atoms with Crippen LogP contribution in [-0.4, -0.2) is 20.8 Å². The predicted molar refractivity (Wildman–Crippen MR) is 58.1 cm³/mol. The molecule has 0 atom stereocenters. The van der Waals surface area contributed by atoms with Gasteiger partial charge >= 0.3 is 0 Å². The molecule has 0 aliphatic carbocycles. The molecule has 0 bridgehead atoms. The number of nitrogens with zero attached hydrogens (tertiary/aromatic N) is 1. The molecule has 0 radical (unpaired) electrons. The highest BCUT2D eigenvalue weighted by Crippen LogP contribution is 2.32. The SMILES string of the molecule is COc1cc(C#N)cc(CCON)c1OC. The van der Waals surface area contributed by atoms with Crippen molar-refractivity contribution in [3.63, 3.8) is 0 Å². The number of hydrogen-bond donors (Lipinski definition) is 1. The first-order valence-corrected chi connectivity index (χ1v) is 4.73. The largest absolute Gasteiger partial charge is 0.493 e. The third-order valence-corrected chi connectivity index (χ3v) is 2.17. The van der Waals surface area contributed by atoms with Gasteiger partial charge in [-0.1, -0.05) is 0 Å². The van der Waals surface area contributed by atoms with Crippen LogP contribution in [0.2, 0.25) is 0 Å². The Morgan fingerprint density at radius 1 is 1.31 bits per heavy atom. The van der Waals surface area contributed by atoms with Crippen molar-refractivity contribution in [1.29, 1.82) is 5.26 Å². The normalized spacial score (nSPS) is 9.62. The molecule has 5 heteroatoms. The number of nitriles is 1. The molecule has 16 heavy (non-hydrogen) atoms. The van der Waals surface area contributed by atoms with Gasteiger partial charge in [-0.3, -0.25) is 0 Å². The lowest BCUT2D eigenvalue weighted by molar-refractivity contribution is 0.140. The smallest absolute Gasteiger partial charge is 0.164 e. The molecule has 1 rings (SSSR count). The van der Waals surface area contributed by atoms with Crippen molar-refractivity contribution in [1.82, 2.24) is 0 Å². The number of ether oxygens (including phenoxy) is 2. The fourth-order valence-electron chi connectivity index (χ4n) is 1.46. The summed E-state index contributed by atoms with van der Waals surface area (Å²) in [6, 6.07) is 5.43. The number of benzene rings is 1. The van der Waals surface area contributed by atoms with E-state index in [9.17, 15) is 0 Å². The van der Waals surface area contributed by atoms with Gasteiger partial charge in [-0.25, -0.2) is 5.90 Å². The number of hydrogen-bond acceptors (Lipinski definition) is 5. The molecule has 1 aromatic carbocycles. The van der Waals surface area contributed by atoms with E-state index in [1.54, 1.807) is 19.2 Å². The van der Waals surface area contributed by atoms with Gasteiger partial charge in [0.25, 0.3) is 0 Å². The van der Waals surface area contributed by atoms with Crippen molar-refractivity contribution in [3.8, 4) is 17.6 Å². The van der Waals surface area contributed by atoms with Crippen LogP contribution >= 0.6 is 0 Å². The van der Waals surface area contributed by atoms with Crippen LogP contribution in [0.5, 0.6) is 11.5 Å². The van der Waals surface area contributed by atoms with E-state index < -0.39 is 0 Å². The summed E-state index contributed by atoms with van der Waals surface area (Å²) in [6.45, 7) is 0.356. The molecule has 0 heterocycles. The lowest BCUT2D eigenvalue weighted by atomic mass is 10.1. The highest BCUT2D eigenvalue weighted by molar-refractivity contribution is 5.52. The van der Waals surface area contributed by atoms with E-state index in [1.165, 1.54) is 7.11 Å². The lowest BCUT2D eigenvalue weighted by Gasteiger charge is -2.12. The molecule has 0 saturated heterocycles. The molecule has 0 aromatic heterocycles. The van der Waals surface area contributed by atoms with Gasteiger partial charge in [-0.2, -0.15) is 5.26 Å². The maximum Gasteiger partial charge on any atom is 0.164 e. The summed E-state index contributed by atoms with van der Waals surface area (Å²) in [5, 5.41) is 8.87. The standard InChI is InChI=1S/C11H14N2O3/c1-14-10-6-8(7-12)5-9(3-4-16-13)11(10)15-2/h5-6H,3-4,13H2,1-2H3. The maximum atomic E-state index is 8.87. The molecule has 0 amide bonds. The van der Waals surface area contributed by atoms with Gasteiger partial charge in [0.15, 0.2) is 11.5 Å². The van der Waals surface area contributed by atoms with Crippen LogP contribution in [0.25, 0.3) is 0 Å². The van der Waals surface area contributed by atoms with Crippen molar-refractivity contribution in [3.05, 3.63) is 23.3 Å². The summed E-state index contributed by atoms with van der Waals surface area (Å²) in [5.74, 6) is 6.12. The minimum Gasteiger partial charge on any atom is -0.493 e. The second-order valence-electron chi connectivity index (χ2n) is 3.10. The van der Waals surface area contributed by atoms with Crippen LogP contribution in [-0.2, 0) is 11.3 Å². The molecule has 0 fully saturated rings. The minimum atomic E-state index is 0.356. The Labute approximate surface area is 94.3 Å². The van der Waals surface area contributed by atoms with Crippen LogP contribution in [0.15, 0.2) is 12.1 Å². The van der Waals surface area contributed by atoms with Gasteiger partial charge in [-0.15, -0.1) is 0 Å². The summed E-state index contributed by atoms with van der Waals surface area (Å²) >= 11 is 0. The molecule has 2 N–H and O–H groups in total. The highest BCUT2D eigenvalue weighted by Gasteiger charge is 2.12. The first kappa shape index (κ1) is 12.3. The average molecular weight is 222 g/mol. The van der Waals surface area contributed by atoms with Crippen LogP contribution in [0.3, 0.4) is 0 Å². The van der Waals surface area contributed by atoms with Crippen molar-refractivity contribution in [2.45, 2.75) is 6.42 Å². The van der Waals surface area contributed by atoms with Crippen LogP contribution in [0, 0.1) is 11.3 Å². The molecule has 1 aromatic rings. The fraction of sp³-hybridized carbons (Fsp3) is 0.364. The van der Waals surface area contributed by atoms with E-state index in [-0.39, 0.29) is 0 Å². The van der Waals surface area contributed by atoms with Crippen LogP contribution in [0.1, 0.15) is 11.1 Å². The number of methoxy groups -OCH3 is 2. The van der Waals surface area contributed by atoms with Crippen molar-refractivity contribution in [2.24, 2.45) is 5.90 Å². The topological polar surface area (TPSA) is 77.5 Å². The Morgan fingerprint density at radius 2 is 2.06 bits per heavy atom. The van der Waals surface area contributed by atoms with Crippen molar-refractivity contribution in [2.75, 3.05) is 20.8 Å². The molecule has 0 aliphatic rings. The van der Waals surface area contributed by atoms with Crippen molar-refractivity contribution < 1.29 is 14.3 Å². The van der Waals surface area contributed by atoms with Gasteiger partial charge in [0.2, 0.25) is 0 Å².